The number of alkyl halides is 3. The Labute approximate surface area is 219 Å². The molecule has 5 rings (SSSR count). The lowest BCUT2D eigenvalue weighted by Gasteiger charge is -2.31. The molecule has 0 spiro atoms. The molecule has 1 unspecified atom stereocenters. The van der Waals surface area contributed by atoms with E-state index in [-0.39, 0.29) is 23.8 Å². The van der Waals surface area contributed by atoms with Crippen molar-refractivity contribution in [2.75, 3.05) is 19.7 Å². The first-order valence-electron chi connectivity index (χ1n) is 11.5. The number of nitrogens with zero attached hydrogens (tertiary/aromatic N) is 5. The van der Waals surface area contributed by atoms with Crippen LogP contribution in [0.5, 0.6) is 5.88 Å². The highest BCUT2D eigenvalue weighted by molar-refractivity contribution is 7.10. The smallest absolute Gasteiger partial charge is 0.451 e. The van der Waals surface area contributed by atoms with Crippen LogP contribution in [0.4, 0.5) is 13.2 Å². The zero-order chi connectivity index (χ0) is 26.0. The fraction of sp³-hybridized carbons (Fsp3) is 0.375. The van der Waals surface area contributed by atoms with Gasteiger partial charge in [0, 0.05) is 53.7 Å². The van der Waals surface area contributed by atoms with Gasteiger partial charge in [0.2, 0.25) is 11.7 Å². The summed E-state index contributed by atoms with van der Waals surface area (Å²) in [4.78, 5) is 31.0. The van der Waals surface area contributed by atoms with Gasteiger partial charge in [0.15, 0.2) is 12.7 Å². The number of hydrogen-bond acceptors (Lipinski definition) is 8. The van der Waals surface area contributed by atoms with Crippen molar-refractivity contribution in [1.82, 2.24) is 19.9 Å². The molecule has 4 heterocycles. The van der Waals surface area contributed by atoms with Crippen molar-refractivity contribution in [2.24, 2.45) is 5.16 Å². The molecule has 8 nitrogen and oxygen atoms in total. The van der Waals surface area contributed by atoms with Gasteiger partial charge in [-0.3, -0.25) is 4.79 Å². The number of hydrogen-bond donors (Lipinski definition) is 0. The van der Waals surface area contributed by atoms with Crippen LogP contribution in [0.2, 0.25) is 5.02 Å². The van der Waals surface area contributed by atoms with Crippen molar-refractivity contribution in [3.05, 3.63) is 69.0 Å². The monoisotopic (exact) mass is 551 g/mol. The summed E-state index contributed by atoms with van der Waals surface area (Å²) in [5.41, 5.74) is 2.44. The molecule has 0 bridgehead atoms. The normalized spacial score (nSPS) is 18.4. The third-order valence-corrected chi connectivity index (χ3v) is 7.51. The molecule has 0 saturated carbocycles. The summed E-state index contributed by atoms with van der Waals surface area (Å²) in [5.74, 6) is -1.72. The second kappa shape index (κ2) is 10.6. The van der Waals surface area contributed by atoms with Gasteiger partial charge < -0.3 is 14.5 Å². The first-order valence-corrected chi connectivity index (χ1v) is 12.8. The number of benzene rings is 1. The summed E-state index contributed by atoms with van der Waals surface area (Å²) < 4.78 is 43.4. The maximum absolute atomic E-state index is 12.7. The zero-order valence-electron chi connectivity index (χ0n) is 19.3. The molecule has 194 valence electrons. The molecule has 0 radical (unpaired) electrons. The minimum Gasteiger partial charge on any atom is -0.467 e. The van der Waals surface area contributed by atoms with E-state index in [2.05, 4.69) is 15.1 Å². The summed E-state index contributed by atoms with van der Waals surface area (Å²) in [7, 11) is 0. The SMILES string of the molecule is O=C(COc1ccnc(C(F)(F)F)n1)N1CCC(c2nc(C3=NOC(c4ccccc4Cl)C3)cs2)CC1. The van der Waals surface area contributed by atoms with Crippen molar-refractivity contribution in [3.63, 3.8) is 0 Å². The van der Waals surface area contributed by atoms with E-state index in [4.69, 9.17) is 26.2 Å². The van der Waals surface area contributed by atoms with Crippen LogP contribution in [-0.4, -0.2) is 51.2 Å². The van der Waals surface area contributed by atoms with Gasteiger partial charge in [-0.15, -0.1) is 11.3 Å². The quantitative estimate of drug-likeness (QED) is 0.415. The van der Waals surface area contributed by atoms with Gasteiger partial charge in [0.1, 0.15) is 5.71 Å². The second-order valence-electron chi connectivity index (χ2n) is 8.59. The first-order chi connectivity index (χ1) is 17.8. The van der Waals surface area contributed by atoms with Crippen LogP contribution in [0.15, 0.2) is 47.1 Å². The van der Waals surface area contributed by atoms with E-state index >= 15 is 0 Å². The molecule has 1 fully saturated rings. The standard InChI is InChI=1S/C24H21ClF3N5O3S/c25-16-4-2-1-3-15(16)19-11-17(32-36-19)18-13-37-22(30-18)14-6-9-33(10-7-14)21(34)12-35-20-5-8-29-23(31-20)24(26,27)28/h1-5,8,13-14,19H,6-7,9-12H2. The molecular formula is C24H21ClF3N5O3S. The predicted octanol–water partition coefficient (Wildman–Crippen LogP) is 5.26. The third kappa shape index (κ3) is 5.85. The number of ether oxygens (including phenoxy) is 1. The first kappa shape index (κ1) is 25.4. The molecule has 37 heavy (non-hydrogen) atoms. The maximum atomic E-state index is 12.7. The number of amides is 1. The Hall–Kier alpha value is -3.25. The molecule has 2 aliphatic heterocycles. The molecule has 0 N–H and O–H groups in total. The second-order valence-corrected chi connectivity index (χ2v) is 9.89. The van der Waals surface area contributed by atoms with E-state index in [1.165, 1.54) is 6.07 Å². The summed E-state index contributed by atoms with van der Waals surface area (Å²) in [6.07, 6.45) is -1.96. The van der Waals surface area contributed by atoms with Gasteiger partial charge in [-0.25, -0.2) is 9.97 Å². The van der Waals surface area contributed by atoms with Gasteiger partial charge in [0.25, 0.3) is 5.91 Å². The van der Waals surface area contributed by atoms with Crippen LogP contribution in [0.1, 0.15) is 53.4 Å². The van der Waals surface area contributed by atoms with Crippen molar-refractivity contribution in [1.29, 1.82) is 0 Å². The lowest BCUT2D eigenvalue weighted by Crippen LogP contribution is -2.40. The number of likely N-dealkylation sites (tertiary alicyclic amines) is 1. The molecule has 1 saturated heterocycles. The van der Waals surface area contributed by atoms with E-state index in [1.54, 1.807) is 16.2 Å². The third-order valence-electron chi connectivity index (χ3n) is 6.16. The van der Waals surface area contributed by atoms with Crippen molar-refractivity contribution in [2.45, 2.75) is 37.5 Å². The van der Waals surface area contributed by atoms with E-state index in [0.717, 1.165) is 41.0 Å². The van der Waals surface area contributed by atoms with Gasteiger partial charge in [-0.1, -0.05) is 35.0 Å². The maximum Gasteiger partial charge on any atom is 0.451 e. The number of halogens is 4. The van der Waals surface area contributed by atoms with Gasteiger partial charge in [-0.2, -0.15) is 18.2 Å². The Kier molecular flexibility index (Phi) is 7.29. The van der Waals surface area contributed by atoms with Crippen molar-refractivity contribution < 1.29 is 27.5 Å². The molecule has 1 atom stereocenters. The van der Waals surface area contributed by atoms with Crippen LogP contribution < -0.4 is 4.74 Å². The Morgan fingerprint density at radius 3 is 2.73 bits per heavy atom. The zero-order valence-corrected chi connectivity index (χ0v) is 20.9. The topological polar surface area (TPSA) is 89.8 Å². The number of aromatic nitrogens is 3. The number of oxime groups is 1. The molecule has 3 aromatic rings. The van der Waals surface area contributed by atoms with Crippen LogP contribution in [0.3, 0.4) is 0 Å². The lowest BCUT2D eigenvalue weighted by molar-refractivity contribution is -0.145. The summed E-state index contributed by atoms with van der Waals surface area (Å²) in [6.45, 7) is 0.600. The average molecular weight is 552 g/mol. The van der Waals surface area contributed by atoms with E-state index < -0.39 is 18.6 Å². The molecule has 2 aliphatic rings. The van der Waals surface area contributed by atoms with E-state index in [9.17, 15) is 18.0 Å². The number of thiazole rings is 1. The number of carbonyl (C=O) groups is 1. The summed E-state index contributed by atoms with van der Waals surface area (Å²) >= 11 is 7.84. The number of rotatable bonds is 6. The minimum atomic E-state index is -4.68. The van der Waals surface area contributed by atoms with Crippen LogP contribution in [0, 0.1) is 0 Å². The molecular weight excluding hydrogens is 531 g/mol. The van der Waals surface area contributed by atoms with Crippen LogP contribution in [0.25, 0.3) is 0 Å². The van der Waals surface area contributed by atoms with Crippen molar-refractivity contribution >= 4 is 34.6 Å². The molecule has 1 amide bonds. The molecule has 13 heteroatoms. The Morgan fingerprint density at radius 1 is 1.19 bits per heavy atom. The Bertz CT molecular complexity index is 1310. The van der Waals surface area contributed by atoms with Gasteiger partial charge in [-0.05, 0) is 18.9 Å². The Balaban J connectivity index is 1.12. The number of piperidine rings is 1. The van der Waals surface area contributed by atoms with E-state index in [1.807, 2.05) is 29.6 Å². The van der Waals surface area contributed by atoms with Crippen LogP contribution >= 0.6 is 22.9 Å². The Morgan fingerprint density at radius 2 is 1.97 bits per heavy atom. The largest absolute Gasteiger partial charge is 0.467 e. The predicted molar refractivity (Wildman–Crippen MR) is 130 cm³/mol. The highest BCUT2D eigenvalue weighted by atomic mass is 35.5. The summed E-state index contributed by atoms with van der Waals surface area (Å²) in [6, 6.07) is 8.71. The minimum absolute atomic E-state index is 0.196. The molecule has 0 aliphatic carbocycles. The summed E-state index contributed by atoms with van der Waals surface area (Å²) in [5, 5.41) is 7.81. The van der Waals surface area contributed by atoms with Gasteiger partial charge >= 0.3 is 6.18 Å². The highest BCUT2D eigenvalue weighted by Crippen LogP contribution is 2.35. The van der Waals surface area contributed by atoms with Crippen LogP contribution in [-0.2, 0) is 15.8 Å². The fourth-order valence-corrected chi connectivity index (χ4v) is 5.46. The van der Waals surface area contributed by atoms with E-state index in [0.29, 0.717) is 24.5 Å². The van der Waals surface area contributed by atoms with Crippen molar-refractivity contribution in [3.8, 4) is 5.88 Å². The fourth-order valence-electron chi connectivity index (χ4n) is 4.20. The highest BCUT2D eigenvalue weighted by Gasteiger charge is 2.35. The molecule has 2 aromatic heterocycles. The lowest BCUT2D eigenvalue weighted by atomic mass is 9.97. The molecule has 1 aromatic carbocycles. The van der Waals surface area contributed by atoms with Gasteiger partial charge in [0.05, 0.1) is 10.7 Å². The average Bonchev–Trinajstić information content (AvgIpc) is 3.58. The number of carbonyl (C=O) groups excluding carboxylic acids is 1.